The lowest BCUT2D eigenvalue weighted by Crippen LogP contribution is -2.09. The summed E-state index contributed by atoms with van der Waals surface area (Å²) in [6, 6.07) is 18.9. The Kier molecular flexibility index (Phi) is 6.96. The summed E-state index contributed by atoms with van der Waals surface area (Å²) in [6.07, 6.45) is 5.23. The standard InChI is InChI=1S/C26H23N5OS/c1-3-19-7-5-8-20(4-2)24(19)31-25(22-9-6-14-28-16-22)29-30-26(31)33-17-23(32)21-12-10-18(15-27)11-13-21/h5-14,16H,3-4,17H2,1-2H3. The molecule has 0 aliphatic rings. The van der Waals surface area contributed by atoms with Crippen molar-refractivity contribution in [3.8, 4) is 23.1 Å². The molecule has 0 aliphatic heterocycles. The molecular formula is C26H23N5OS. The molecule has 6 nitrogen and oxygen atoms in total. The fourth-order valence-corrected chi connectivity index (χ4v) is 4.53. The molecule has 0 spiro atoms. The van der Waals surface area contributed by atoms with Crippen molar-refractivity contribution in [1.29, 1.82) is 5.26 Å². The Balaban J connectivity index is 1.75. The average Bonchev–Trinajstić information content (AvgIpc) is 3.30. The molecule has 7 heteroatoms. The van der Waals surface area contributed by atoms with Crippen LogP contribution >= 0.6 is 11.8 Å². The van der Waals surface area contributed by atoms with E-state index in [9.17, 15) is 4.79 Å². The molecule has 2 aromatic carbocycles. The highest BCUT2D eigenvalue weighted by Crippen LogP contribution is 2.32. The molecule has 2 heterocycles. The third kappa shape index (κ3) is 4.71. The zero-order valence-electron chi connectivity index (χ0n) is 18.5. The molecule has 2 aromatic heterocycles. The van der Waals surface area contributed by atoms with Gasteiger partial charge in [-0.2, -0.15) is 5.26 Å². The van der Waals surface area contributed by atoms with E-state index in [1.54, 1.807) is 36.7 Å². The van der Waals surface area contributed by atoms with Crippen LogP contribution in [0, 0.1) is 11.3 Å². The lowest BCUT2D eigenvalue weighted by molar-refractivity contribution is 0.102. The first-order valence-corrected chi connectivity index (χ1v) is 11.8. The minimum Gasteiger partial charge on any atom is -0.293 e. The lowest BCUT2D eigenvalue weighted by Gasteiger charge is -2.17. The smallest absolute Gasteiger partial charge is 0.196 e. The zero-order valence-corrected chi connectivity index (χ0v) is 19.3. The van der Waals surface area contributed by atoms with Crippen molar-refractivity contribution >= 4 is 17.5 Å². The highest BCUT2D eigenvalue weighted by molar-refractivity contribution is 7.99. The molecule has 4 aromatic rings. The van der Waals surface area contributed by atoms with Crippen LogP contribution in [-0.4, -0.2) is 31.3 Å². The van der Waals surface area contributed by atoms with Crippen LogP contribution in [0.3, 0.4) is 0 Å². The van der Waals surface area contributed by atoms with E-state index < -0.39 is 0 Å². The van der Waals surface area contributed by atoms with Gasteiger partial charge in [-0.15, -0.1) is 10.2 Å². The minimum atomic E-state index is -0.0264. The van der Waals surface area contributed by atoms with Gasteiger partial charge >= 0.3 is 0 Å². The predicted octanol–water partition coefficient (Wildman–Crippen LogP) is 5.30. The van der Waals surface area contributed by atoms with Crippen LogP contribution in [0.4, 0.5) is 0 Å². The number of aryl methyl sites for hydroxylation is 2. The van der Waals surface area contributed by atoms with Crippen molar-refractivity contribution in [1.82, 2.24) is 19.7 Å². The summed E-state index contributed by atoms with van der Waals surface area (Å²) < 4.78 is 2.06. The molecule has 0 bridgehead atoms. The van der Waals surface area contributed by atoms with E-state index in [0.29, 0.717) is 22.1 Å². The number of carbonyl (C=O) groups is 1. The van der Waals surface area contributed by atoms with Crippen molar-refractivity contribution in [2.45, 2.75) is 31.8 Å². The predicted molar refractivity (Wildman–Crippen MR) is 130 cm³/mol. The Hall–Kier alpha value is -3.76. The molecule has 0 saturated heterocycles. The summed E-state index contributed by atoms with van der Waals surface area (Å²) in [4.78, 5) is 17.1. The van der Waals surface area contributed by atoms with Crippen molar-refractivity contribution in [3.63, 3.8) is 0 Å². The average molecular weight is 454 g/mol. The number of hydrogen-bond donors (Lipinski definition) is 0. The maximum Gasteiger partial charge on any atom is 0.196 e. The fourth-order valence-electron chi connectivity index (χ4n) is 3.69. The van der Waals surface area contributed by atoms with Crippen molar-refractivity contribution in [3.05, 3.63) is 89.2 Å². The van der Waals surface area contributed by atoms with E-state index in [4.69, 9.17) is 5.26 Å². The molecule has 0 aliphatic carbocycles. The molecule has 0 amide bonds. The van der Waals surface area contributed by atoms with Crippen molar-refractivity contribution < 1.29 is 4.79 Å². The summed E-state index contributed by atoms with van der Waals surface area (Å²) in [5, 5.41) is 18.6. The highest BCUT2D eigenvalue weighted by atomic mass is 32.2. The molecule has 0 N–H and O–H groups in total. The van der Waals surface area contributed by atoms with Crippen LogP contribution in [0.25, 0.3) is 17.1 Å². The second-order valence-electron chi connectivity index (χ2n) is 7.42. The fraction of sp³-hybridized carbons (Fsp3) is 0.192. The molecule has 0 fully saturated rings. The van der Waals surface area contributed by atoms with Crippen LogP contribution in [0.15, 0.2) is 72.1 Å². The Labute approximate surface area is 197 Å². The number of carbonyl (C=O) groups excluding carboxylic acids is 1. The molecular weight excluding hydrogens is 430 g/mol. The first-order valence-electron chi connectivity index (χ1n) is 10.8. The van der Waals surface area contributed by atoms with Gasteiger partial charge < -0.3 is 0 Å². The van der Waals surface area contributed by atoms with Crippen molar-refractivity contribution in [2.75, 3.05) is 5.75 Å². The minimum absolute atomic E-state index is 0.0264. The summed E-state index contributed by atoms with van der Waals surface area (Å²) in [7, 11) is 0. The number of nitrogens with zero attached hydrogens (tertiary/aromatic N) is 5. The van der Waals surface area contributed by atoms with E-state index in [0.717, 1.165) is 24.1 Å². The van der Waals surface area contributed by atoms with Crippen molar-refractivity contribution in [2.24, 2.45) is 0 Å². The second kappa shape index (κ2) is 10.2. The van der Waals surface area contributed by atoms with Crippen LogP contribution in [0.1, 0.15) is 40.9 Å². The number of ketones is 1. The zero-order chi connectivity index (χ0) is 23.2. The van der Waals surface area contributed by atoms with E-state index in [2.05, 4.69) is 57.9 Å². The number of benzene rings is 2. The molecule has 4 rings (SSSR count). The largest absolute Gasteiger partial charge is 0.293 e. The van der Waals surface area contributed by atoms with Crippen LogP contribution in [0.5, 0.6) is 0 Å². The molecule has 0 saturated carbocycles. The van der Waals surface area contributed by atoms with E-state index in [1.165, 1.54) is 22.9 Å². The van der Waals surface area contributed by atoms with Gasteiger partial charge in [0.1, 0.15) is 0 Å². The van der Waals surface area contributed by atoms with Crippen LogP contribution in [0.2, 0.25) is 0 Å². The van der Waals surface area contributed by atoms with Gasteiger partial charge in [-0.1, -0.05) is 55.9 Å². The lowest BCUT2D eigenvalue weighted by atomic mass is 10.0. The van der Waals surface area contributed by atoms with Gasteiger partial charge in [0.05, 0.1) is 23.1 Å². The summed E-state index contributed by atoms with van der Waals surface area (Å²) in [6.45, 7) is 4.27. The van der Waals surface area contributed by atoms with E-state index >= 15 is 0 Å². The normalized spacial score (nSPS) is 10.7. The van der Waals surface area contributed by atoms with Gasteiger partial charge in [-0.25, -0.2) is 0 Å². The van der Waals surface area contributed by atoms with Crippen LogP contribution < -0.4 is 0 Å². The van der Waals surface area contributed by atoms with Gasteiger partial charge in [-0.3, -0.25) is 14.3 Å². The van der Waals surface area contributed by atoms with Gasteiger partial charge in [0.15, 0.2) is 16.8 Å². The summed E-state index contributed by atoms with van der Waals surface area (Å²) in [5.41, 5.74) is 5.42. The van der Waals surface area contributed by atoms with Gasteiger partial charge in [0.25, 0.3) is 0 Å². The van der Waals surface area contributed by atoms with Crippen LogP contribution in [-0.2, 0) is 12.8 Å². The monoisotopic (exact) mass is 453 g/mol. The summed E-state index contributed by atoms with van der Waals surface area (Å²) >= 11 is 1.36. The van der Waals surface area contributed by atoms with E-state index in [1.807, 2.05) is 12.1 Å². The topological polar surface area (TPSA) is 84.5 Å². The summed E-state index contributed by atoms with van der Waals surface area (Å²) in [5.74, 6) is 0.890. The number of Topliss-reactive ketones (excluding diaryl/α,β-unsaturated/α-hetero) is 1. The first-order chi connectivity index (χ1) is 16.2. The number of hydrogen-bond acceptors (Lipinski definition) is 6. The van der Waals surface area contributed by atoms with E-state index in [-0.39, 0.29) is 11.5 Å². The second-order valence-corrected chi connectivity index (χ2v) is 8.36. The quantitative estimate of drug-likeness (QED) is 0.266. The maximum absolute atomic E-state index is 12.8. The number of thioether (sulfide) groups is 1. The number of rotatable bonds is 8. The van der Waals surface area contributed by atoms with Gasteiger partial charge in [0, 0.05) is 23.5 Å². The molecule has 0 radical (unpaired) electrons. The number of aromatic nitrogens is 4. The Morgan fingerprint density at radius 2 is 1.73 bits per heavy atom. The van der Waals surface area contributed by atoms with Gasteiger partial charge in [-0.05, 0) is 48.2 Å². The number of pyridine rings is 1. The Morgan fingerprint density at radius 3 is 2.33 bits per heavy atom. The number of nitriles is 1. The molecule has 0 atom stereocenters. The maximum atomic E-state index is 12.8. The first kappa shape index (κ1) is 22.4. The Bertz CT molecular complexity index is 1280. The number of para-hydroxylation sites is 1. The molecule has 33 heavy (non-hydrogen) atoms. The third-order valence-electron chi connectivity index (χ3n) is 5.41. The molecule has 0 unspecified atom stereocenters. The Morgan fingerprint density at radius 1 is 1.00 bits per heavy atom. The third-order valence-corrected chi connectivity index (χ3v) is 6.34. The molecule has 164 valence electrons. The highest BCUT2D eigenvalue weighted by Gasteiger charge is 2.21. The SMILES string of the molecule is CCc1cccc(CC)c1-n1c(SCC(=O)c2ccc(C#N)cc2)nnc1-c1cccnc1. The van der Waals surface area contributed by atoms with Gasteiger partial charge in [0.2, 0.25) is 0 Å².